The summed E-state index contributed by atoms with van der Waals surface area (Å²) in [6.45, 7) is 1.74. The summed E-state index contributed by atoms with van der Waals surface area (Å²) in [4.78, 5) is 22.5. The fourth-order valence-electron chi connectivity index (χ4n) is 3.05. The average molecular weight is 350 g/mol. The van der Waals surface area contributed by atoms with E-state index in [0.29, 0.717) is 29.3 Å². The van der Waals surface area contributed by atoms with Crippen LogP contribution in [0.25, 0.3) is 16.5 Å². The summed E-state index contributed by atoms with van der Waals surface area (Å²) in [5, 5.41) is 4.90. The number of hydrogen-bond acceptors (Lipinski definition) is 6. The van der Waals surface area contributed by atoms with Gasteiger partial charge in [-0.1, -0.05) is 6.07 Å². The summed E-state index contributed by atoms with van der Waals surface area (Å²) < 4.78 is 24.7. The van der Waals surface area contributed by atoms with Gasteiger partial charge in [-0.3, -0.25) is 9.89 Å². The normalized spacial score (nSPS) is 20.3. The number of H-pyrrole nitrogens is 1. The molecule has 1 fully saturated rings. The molecule has 4 heterocycles. The molecular weight excluding hydrogens is 336 g/mol. The van der Waals surface area contributed by atoms with Gasteiger partial charge < -0.3 is 0 Å². The Balaban J connectivity index is 1.88. The molecule has 1 aliphatic heterocycles. The van der Waals surface area contributed by atoms with Crippen LogP contribution in [0.2, 0.25) is 0 Å². The quantitative estimate of drug-likeness (QED) is 0.752. The number of nitrogens with one attached hydrogen (secondary N) is 1. The van der Waals surface area contributed by atoms with E-state index in [4.69, 9.17) is 0 Å². The molecule has 4 rings (SSSR count). The van der Waals surface area contributed by atoms with Crippen LogP contribution in [0.3, 0.4) is 0 Å². The molecule has 0 aliphatic carbocycles. The van der Waals surface area contributed by atoms with Crippen LogP contribution >= 0.6 is 11.3 Å². The van der Waals surface area contributed by atoms with Crippen molar-refractivity contribution in [3.8, 4) is 10.7 Å². The van der Waals surface area contributed by atoms with Crippen molar-refractivity contribution in [3.05, 3.63) is 39.1 Å². The van der Waals surface area contributed by atoms with Gasteiger partial charge in [-0.25, -0.2) is 13.4 Å². The zero-order valence-electron chi connectivity index (χ0n) is 12.3. The molecule has 0 radical (unpaired) electrons. The minimum absolute atomic E-state index is 0.0166. The number of aromatic amines is 1. The molecule has 1 saturated heterocycles. The lowest BCUT2D eigenvalue weighted by Crippen LogP contribution is -2.25. The van der Waals surface area contributed by atoms with Gasteiger partial charge in [0.05, 0.1) is 22.1 Å². The molecular formula is C14H14N4O3S2. The van der Waals surface area contributed by atoms with Crippen LogP contribution in [-0.4, -0.2) is 39.5 Å². The first-order valence-corrected chi connectivity index (χ1v) is 9.88. The number of fused-ring (bicyclic) bond motifs is 1. The molecule has 0 unspecified atom stereocenters. The summed E-state index contributed by atoms with van der Waals surface area (Å²) in [6, 6.07) is 3.81. The molecule has 3 aromatic rings. The van der Waals surface area contributed by atoms with Gasteiger partial charge in [0.1, 0.15) is 0 Å². The lowest BCUT2D eigenvalue weighted by molar-refractivity contribution is 0.601. The van der Waals surface area contributed by atoms with Crippen LogP contribution in [0, 0.1) is 6.92 Å². The minimum atomic E-state index is -3.06. The highest BCUT2D eigenvalue weighted by Crippen LogP contribution is 2.28. The van der Waals surface area contributed by atoms with Crippen LogP contribution in [0.15, 0.2) is 22.3 Å². The number of sulfone groups is 1. The topological polar surface area (TPSA) is 97.2 Å². The molecule has 23 heavy (non-hydrogen) atoms. The molecule has 0 amide bonds. The van der Waals surface area contributed by atoms with E-state index in [1.807, 2.05) is 17.5 Å². The molecule has 1 atom stereocenters. The Morgan fingerprint density at radius 3 is 2.87 bits per heavy atom. The largest absolute Gasteiger partial charge is 0.277 e. The first-order valence-electron chi connectivity index (χ1n) is 7.18. The number of hydrogen-bond donors (Lipinski definition) is 1. The van der Waals surface area contributed by atoms with E-state index >= 15 is 0 Å². The lowest BCUT2D eigenvalue weighted by atomic mass is 9.99. The fourth-order valence-corrected chi connectivity index (χ4v) is 5.47. The maximum Gasteiger partial charge on any atom is 0.277 e. The van der Waals surface area contributed by atoms with Gasteiger partial charge in [0.25, 0.3) is 11.3 Å². The van der Waals surface area contributed by atoms with E-state index in [1.165, 1.54) is 15.9 Å². The Morgan fingerprint density at radius 2 is 2.22 bits per heavy atom. The van der Waals surface area contributed by atoms with Crippen molar-refractivity contribution in [3.63, 3.8) is 0 Å². The van der Waals surface area contributed by atoms with Gasteiger partial charge >= 0.3 is 0 Å². The van der Waals surface area contributed by atoms with E-state index in [1.54, 1.807) is 6.92 Å². The highest BCUT2D eigenvalue weighted by Gasteiger charge is 2.33. The number of nitrogens with zero attached hydrogens (tertiary/aromatic N) is 3. The van der Waals surface area contributed by atoms with E-state index in [-0.39, 0.29) is 23.0 Å². The van der Waals surface area contributed by atoms with Crippen LogP contribution in [0.4, 0.5) is 0 Å². The van der Waals surface area contributed by atoms with Crippen molar-refractivity contribution < 1.29 is 8.42 Å². The highest BCUT2D eigenvalue weighted by atomic mass is 32.2. The number of aryl methyl sites for hydroxylation is 1. The van der Waals surface area contributed by atoms with Gasteiger partial charge in [-0.05, 0) is 24.8 Å². The first-order chi connectivity index (χ1) is 10.9. The Bertz CT molecular complexity index is 1050. The van der Waals surface area contributed by atoms with Gasteiger partial charge in [0.2, 0.25) is 0 Å². The third kappa shape index (κ3) is 2.40. The molecule has 0 saturated carbocycles. The lowest BCUT2D eigenvalue weighted by Gasteiger charge is -2.09. The van der Waals surface area contributed by atoms with Crippen LogP contribution < -0.4 is 5.56 Å². The van der Waals surface area contributed by atoms with Crippen molar-refractivity contribution in [1.82, 2.24) is 19.6 Å². The molecule has 0 aromatic carbocycles. The predicted octanol–water partition coefficient (Wildman–Crippen LogP) is 1.36. The predicted molar refractivity (Wildman–Crippen MR) is 87.7 cm³/mol. The summed E-state index contributed by atoms with van der Waals surface area (Å²) in [5.41, 5.74) is 0.774. The molecule has 9 heteroatoms. The molecule has 1 aliphatic rings. The summed E-state index contributed by atoms with van der Waals surface area (Å²) in [7, 11) is -3.06. The molecule has 7 nitrogen and oxygen atoms in total. The smallest absolute Gasteiger partial charge is 0.270 e. The number of rotatable bonds is 2. The molecule has 3 aromatic heterocycles. The first kappa shape index (κ1) is 14.6. The number of thiophene rings is 1. The standard InChI is InChI=1S/C14H14N4O3S2/c1-8-11(9-4-6-23(20,21)7-9)13(19)18-14(15-8)16-12(17-18)10-3-2-5-22-10/h2-3,5,9H,4,6-7H2,1H3,(H,15,16,17)/t9-/m0/s1. The Labute approximate surface area is 135 Å². The second-order valence-corrected chi connectivity index (χ2v) is 8.88. The maximum atomic E-state index is 12.8. The highest BCUT2D eigenvalue weighted by molar-refractivity contribution is 7.91. The van der Waals surface area contributed by atoms with Crippen LogP contribution in [-0.2, 0) is 9.84 Å². The second kappa shape index (κ2) is 5.00. The van der Waals surface area contributed by atoms with Gasteiger partial charge in [-0.2, -0.15) is 9.50 Å². The van der Waals surface area contributed by atoms with Gasteiger partial charge in [0, 0.05) is 11.5 Å². The summed E-state index contributed by atoms with van der Waals surface area (Å²) in [6.07, 6.45) is 0.470. The third-order valence-electron chi connectivity index (χ3n) is 4.12. The monoisotopic (exact) mass is 350 g/mol. The average Bonchev–Trinajstić information content (AvgIpc) is 3.17. The van der Waals surface area contributed by atoms with E-state index in [0.717, 1.165) is 4.88 Å². The molecule has 0 bridgehead atoms. The molecule has 120 valence electrons. The number of aromatic nitrogens is 4. The third-order valence-corrected chi connectivity index (χ3v) is 6.76. The van der Waals surface area contributed by atoms with Gasteiger partial charge in [0.15, 0.2) is 15.7 Å². The van der Waals surface area contributed by atoms with Crippen molar-refractivity contribution >= 4 is 27.0 Å². The van der Waals surface area contributed by atoms with Crippen molar-refractivity contribution in [1.29, 1.82) is 0 Å². The SMILES string of the molecule is Cc1nc2nc(-c3cccs3)[nH]n2c(=O)c1[C@H]1CCS(=O)(=O)C1. The molecule has 0 spiro atoms. The zero-order chi connectivity index (χ0) is 16.2. The van der Waals surface area contributed by atoms with Crippen molar-refractivity contribution in [2.24, 2.45) is 0 Å². The van der Waals surface area contributed by atoms with E-state index in [9.17, 15) is 13.2 Å². The van der Waals surface area contributed by atoms with Crippen molar-refractivity contribution in [2.45, 2.75) is 19.3 Å². The summed E-state index contributed by atoms with van der Waals surface area (Å²) >= 11 is 1.51. The maximum absolute atomic E-state index is 12.8. The second-order valence-electron chi connectivity index (χ2n) is 5.70. The summed E-state index contributed by atoms with van der Waals surface area (Å²) in [5.74, 6) is 0.747. The minimum Gasteiger partial charge on any atom is -0.270 e. The van der Waals surface area contributed by atoms with Crippen LogP contribution in [0.1, 0.15) is 23.6 Å². The van der Waals surface area contributed by atoms with Gasteiger partial charge in [-0.15, -0.1) is 11.3 Å². The Hall–Kier alpha value is -2.00. The zero-order valence-corrected chi connectivity index (χ0v) is 13.9. The van der Waals surface area contributed by atoms with Crippen LogP contribution in [0.5, 0.6) is 0 Å². The molecule has 1 N–H and O–H groups in total. The van der Waals surface area contributed by atoms with E-state index in [2.05, 4.69) is 15.1 Å². The Kier molecular flexibility index (Phi) is 3.17. The fraction of sp³-hybridized carbons (Fsp3) is 0.357. The van der Waals surface area contributed by atoms with E-state index < -0.39 is 9.84 Å². The van der Waals surface area contributed by atoms with Crippen molar-refractivity contribution in [2.75, 3.05) is 11.5 Å². The Morgan fingerprint density at radius 1 is 1.39 bits per heavy atom.